The molecule has 1 aliphatic carbocycles. The number of carbonyl (C=O) groups is 3. The molecule has 0 heterocycles. The Hall–Kier alpha value is -2.57. The lowest BCUT2D eigenvalue weighted by Gasteiger charge is -2.20. The van der Waals surface area contributed by atoms with E-state index >= 15 is 0 Å². The highest BCUT2D eigenvalue weighted by atomic mass is 16.6. The highest BCUT2D eigenvalue weighted by Gasteiger charge is 2.66. The Morgan fingerprint density at radius 1 is 1.15 bits per heavy atom. The van der Waals surface area contributed by atoms with E-state index in [9.17, 15) is 14.4 Å². The van der Waals surface area contributed by atoms with Crippen LogP contribution in [0.2, 0.25) is 0 Å². The zero-order valence-electron chi connectivity index (χ0n) is 16.7. The summed E-state index contributed by atoms with van der Waals surface area (Å²) in [5, 5.41) is 5.49. The number of carbonyl (C=O) groups excluding carboxylic acids is 3. The molecule has 1 aromatic rings. The Kier molecular flexibility index (Phi) is 5.82. The van der Waals surface area contributed by atoms with Crippen LogP contribution in [0.4, 0.5) is 4.79 Å². The maximum absolute atomic E-state index is 12.7. The molecule has 0 bridgehead atoms. The minimum Gasteiger partial charge on any atom is -0.467 e. The lowest BCUT2D eigenvalue weighted by molar-refractivity contribution is -0.144. The van der Waals surface area contributed by atoms with Gasteiger partial charge in [-0.2, -0.15) is 0 Å². The first-order valence-corrected chi connectivity index (χ1v) is 8.98. The van der Waals surface area contributed by atoms with Crippen molar-refractivity contribution in [2.24, 2.45) is 11.8 Å². The van der Waals surface area contributed by atoms with Gasteiger partial charge in [-0.3, -0.25) is 4.79 Å². The van der Waals surface area contributed by atoms with Gasteiger partial charge in [-0.15, -0.1) is 0 Å². The number of hydrogen-bond donors (Lipinski definition) is 2. The number of ether oxygens (including phenoxy) is 2. The maximum Gasteiger partial charge on any atom is 0.407 e. The van der Waals surface area contributed by atoms with Crippen molar-refractivity contribution >= 4 is 18.0 Å². The minimum absolute atomic E-state index is 0.00548. The fourth-order valence-corrected chi connectivity index (χ4v) is 3.17. The summed E-state index contributed by atoms with van der Waals surface area (Å²) in [5.74, 6) is -0.772. The molecule has 0 radical (unpaired) electrons. The molecule has 0 saturated heterocycles. The molecule has 2 N–H and O–H groups in total. The quantitative estimate of drug-likeness (QED) is 0.771. The van der Waals surface area contributed by atoms with Gasteiger partial charge in [-0.25, -0.2) is 9.59 Å². The number of benzene rings is 1. The van der Waals surface area contributed by atoms with E-state index < -0.39 is 23.2 Å². The Morgan fingerprint density at radius 3 is 2.30 bits per heavy atom. The van der Waals surface area contributed by atoms with Gasteiger partial charge in [0.15, 0.2) is 0 Å². The van der Waals surface area contributed by atoms with Gasteiger partial charge in [-0.1, -0.05) is 26.0 Å². The minimum atomic E-state index is -0.976. The van der Waals surface area contributed by atoms with E-state index in [0.29, 0.717) is 5.56 Å². The van der Waals surface area contributed by atoms with E-state index in [0.717, 1.165) is 5.56 Å². The van der Waals surface area contributed by atoms with Crippen LogP contribution in [0, 0.1) is 11.8 Å². The number of hydrogen-bond acceptors (Lipinski definition) is 5. The summed E-state index contributed by atoms with van der Waals surface area (Å²) in [5.41, 5.74) is -0.395. The van der Waals surface area contributed by atoms with E-state index in [2.05, 4.69) is 10.6 Å². The molecule has 0 aromatic heterocycles. The van der Waals surface area contributed by atoms with Gasteiger partial charge >= 0.3 is 12.1 Å². The van der Waals surface area contributed by atoms with Crippen LogP contribution in [-0.2, 0) is 20.8 Å². The van der Waals surface area contributed by atoms with E-state index in [-0.39, 0.29) is 24.3 Å². The van der Waals surface area contributed by atoms with Crippen molar-refractivity contribution in [1.82, 2.24) is 10.6 Å². The number of methoxy groups -OCH3 is 1. The summed E-state index contributed by atoms with van der Waals surface area (Å²) in [6.45, 7) is 9.40. The van der Waals surface area contributed by atoms with Gasteiger partial charge < -0.3 is 20.1 Å². The molecule has 27 heavy (non-hydrogen) atoms. The van der Waals surface area contributed by atoms with Gasteiger partial charge in [0.25, 0.3) is 5.91 Å². The van der Waals surface area contributed by atoms with Crippen molar-refractivity contribution in [1.29, 1.82) is 0 Å². The SMILES string of the molecule is COC(=O)C1(NC(=O)c2cccc(CNC(=O)OC(C)(C)C)c2)C(C)[C@H]1C. The monoisotopic (exact) mass is 376 g/mol. The summed E-state index contributed by atoms with van der Waals surface area (Å²) in [4.78, 5) is 36.6. The van der Waals surface area contributed by atoms with Crippen molar-refractivity contribution in [2.75, 3.05) is 7.11 Å². The molecule has 2 amide bonds. The summed E-state index contributed by atoms with van der Waals surface area (Å²) < 4.78 is 10.1. The molecule has 148 valence electrons. The molecule has 1 fully saturated rings. The summed E-state index contributed by atoms with van der Waals surface area (Å²) >= 11 is 0. The number of nitrogens with one attached hydrogen (secondary N) is 2. The van der Waals surface area contributed by atoms with Crippen molar-refractivity contribution in [2.45, 2.75) is 52.3 Å². The molecular formula is C20H28N2O5. The van der Waals surface area contributed by atoms with Gasteiger partial charge in [0.05, 0.1) is 7.11 Å². The second kappa shape index (κ2) is 7.58. The van der Waals surface area contributed by atoms with Crippen molar-refractivity contribution in [3.63, 3.8) is 0 Å². The predicted molar refractivity (Wildman–Crippen MR) is 100 cm³/mol. The second-order valence-corrected chi connectivity index (χ2v) is 7.95. The molecule has 1 saturated carbocycles. The van der Waals surface area contributed by atoms with E-state index in [1.54, 1.807) is 45.0 Å². The van der Waals surface area contributed by atoms with Crippen LogP contribution in [0.5, 0.6) is 0 Å². The fraction of sp³-hybridized carbons (Fsp3) is 0.550. The lowest BCUT2D eigenvalue weighted by Crippen LogP contribution is -2.46. The first kappa shape index (κ1) is 20.7. The zero-order valence-corrected chi connectivity index (χ0v) is 16.7. The van der Waals surface area contributed by atoms with Crippen molar-refractivity contribution < 1.29 is 23.9 Å². The Bertz CT molecular complexity index is 730. The number of esters is 1. The molecular weight excluding hydrogens is 348 g/mol. The van der Waals surface area contributed by atoms with Crippen LogP contribution in [0.1, 0.15) is 50.5 Å². The van der Waals surface area contributed by atoms with E-state index in [1.165, 1.54) is 7.11 Å². The van der Waals surface area contributed by atoms with Crippen LogP contribution in [0.15, 0.2) is 24.3 Å². The second-order valence-electron chi connectivity index (χ2n) is 7.95. The summed E-state index contributed by atoms with van der Waals surface area (Å²) in [6, 6.07) is 6.86. The lowest BCUT2D eigenvalue weighted by atomic mass is 10.1. The van der Waals surface area contributed by atoms with Crippen LogP contribution < -0.4 is 10.6 Å². The largest absolute Gasteiger partial charge is 0.467 e. The summed E-state index contributed by atoms with van der Waals surface area (Å²) in [6.07, 6.45) is -0.525. The van der Waals surface area contributed by atoms with Crippen molar-refractivity contribution in [3.8, 4) is 0 Å². The van der Waals surface area contributed by atoms with Crippen LogP contribution in [-0.4, -0.2) is 36.2 Å². The maximum atomic E-state index is 12.7. The fourth-order valence-electron chi connectivity index (χ4n) is 3.17. The molecule has 0 spiro atoms. The standard InChI is InChI=1S/C20H28N2O5/c1-12-13(2)20(12,17(24)26-6)22-16(23)15-9-7-8-14(10-15)11-21-18(25)27-19(3,4)5/h7-10,12-13H,11H2,1-6H3,(H,21,25)(H,22,23)/t12-,13?,20?/m1/s1. The average molecular weight is 376 g/mol. The third-order valence-corrected chi connectivity index (χ3v) is 4.95. The van der Waals surface area contributed by atoms with Gasteiger partial charge in [0.2, 0.25) is 0 Å². The van der Waals surface area contributed by atoms with E-state index in [1.807, 2.05) is 13.8 Å². The van der Waals surface area contributed by atoms with Crippen LogP contribution >= 0.6 is 0 Å². The van der Waals surface area contributed by atoms with E-state index in [4.69, 9.17) is 9.47 Å². The smallest absolute Gasteiger partial charge is 0.407 e. The third-order valence-electron chi connectivity index (χ3n) is 4.95. The van der Waals surface area contributed by atoms with Gasteiger partial charge in [-0.05, 0) is 50.3 Å². The zero-order chi connectivity index (χ0) is 20.4. The highest BCUT2D eigenvalue weighted by molar-refractivity contribution is 6.00. The van der Waals surface area contributed by atoms with Gasteiger partial charge in [0, 0.05) is 12.1 Å². The first-order valence-electron chi connectivity index (χ1n) is 8.98. The highest BCUT2D eigenvalue weighted by Crippen LogP contribution is 2.50. The van der Waals surface area contributed by atoms with Crippen molar-refractivity contribution in [3.05, 3.63) is 35.4 Å². The predicted octanol–water partition coefficient (Wildman–Crippen LogP) is 2.64. The normalized spacial score (nSPS) is 23.9. The number of amides is 2. The third kappa shape index (κ3) is 4.59. The topological polar surface area (TPSA) is 93.7 Å². The van der Waals surface area contributed by atoms with Crippen LogP contribution in [0.25, 0.3) is 0 Å². The molecule has 0 aliphatic heterocycles. The van der Waals surface area contributed by atoms with Gasteiger partial charge in [0.1, 0.15) is 11.1 Å². The molecule has 2 rings (SSSR count). The Labute approximate surface area is 159 Å². The summed E-state index contributed by atoms with van der Waals surface area (Å²) in [7, 11) is 1.32. The molecule has 7 nitrogen and oxygen atoms in total. The number of rotatable bonds is 5. The molecule has 7 heteroatoms. The first-order chi connectivity index (χ1) is 12.5. The Morgan fingerprint density at radius 2 is 1.78 bits per heavy atom. The molecule has 1 aromatic carbocycles. The average Bonchev–Trinajstić information content (AvgIpc) is 3.12. The molecule has 1 aliphatic rings. The molecule has 2 unspecified atom stereocenters. The Balaban J connectivity index is 2.03. The van der Waals surface area contributed by atoms with Crippen LogP contribution in [0.3, 0.4) is 0 Å². The molecule has 3 atom stereocenters. The number of alkyl carbamates (subject to hydrolysis) is 1.